The largest absolute Gasteiger partial charge is 0.396 e. The third-order valence-corrected chi connectivity index (χ3v) is 4.39. The van der Waals surface area contributed by atoms with E-state index in [1.165, 1.54) is 12.1 Å². The summed E-state index contributed by atoms with van der Waals surface area (Å²) in [6.45, 7) is 0.723. The van der Waals surface area contributed by atoms with Crippen LogP contribution in [0.15, 0.2) is 23.1 Å². The molecule has 0 radical (unpaired) electrons. The van der Waals surface area contributed by atoms with E-state index in [-0.39, 0.29) is 23.2 Å². The second-order valence-electron chi connectivity index (χ2n) is 3.90. The molecule has 0 saturated carbocycles. The van der Waals surface area contributed by atoms with Gasteiger partial charge in [0.25, 0.3) is 0 Å². The number of carbonyl (C=O) groups is 1. The van der Waals surface area contributed by atoms with Crippen molar-refractivity contribution in [3.63, 3.8) is 0 Å². The van der Waals surface area contributed by atoms with Gasteiger partial charge in [0.2, 0.25) is 5.91 Å². The van der Waals surface area contributed by atoms with Crippen molar-refractivity contribution in [3.05, 3.63) is 29.8 Å². The Morgan fingerprint density at radius 2 is 2.10 bits per heavy atom. The van der Waals surface area contributed by atoms with E-state index >= 15 is 0 Å². The molecule has 0 fully saturated rings. The number of nitrogens with one attached hydrogen (secondary N) is 1. The molecule has 0 aliphatic carbocycles. The lowest BCUT2D eigenvalue weighted by Crippen LogP contribution is -2.27. The molecule has 0 aliphatic rings. The molecular weight excluding hydrogens is 304 g/mol. The standard InChI is InChI=1S/C13H17F2NO2S2/c14-10-2-3-12(11(15)8-10)20-9-13(18)16-4-7-19-6-1-5-17/h2-3,8,17H,1,4-7,9H2,(H,16,18). The molecule has 1 rings (SSSR count). The monoisotopic (exact) mass is 321 g/mol. The van der Waals surface area contributed by atoms with Gasteiger partial charge in [0, 0.05) is 29.9 Å². The lowest BCUT2D eigenvalue weighted by atomic mass is 10.3. The van der Waals surface area contributed by atoms with Crippen LogP contribution in [0.5, 0.6) is 0 Å². The molecule has 0 aliphatic heterocycles. The quantitative estimate of drug-likeness (QED) is 0.541. The summed E-state index contributed by atoms with van der Waals surface area (Å²) in [5, 5.41) is 11.3. The van der Waals surface area contributed by atoms with Crippen molar-refractivity contribution in [2.24, 2.45) is 0 Å². The highest BCUT2D eigenvalue weighted by Crippen LogP contribution is 2.21. The zero-order valence-corrected chi connectivity index (χ0v) is 12.5. The van der Waals surface area contributed by atoms with Gasteiger partial charge in [-0.15, -0.1) is 11.8 Å². The molecule has 0 unspecified atom stereocenters. The molecule has 20 heavy (non-hydrogen) atoms. The van der Waals surface area contributed by atoms with Crippen LogP contribution in [0.2, 0.25) is 0 Å². The van der Waals surface area contributed by atoms with Gasteiger partial charge in [0.05, 0.1) is 5.75 Å². The smallest absolute Gasteiger partial charge is 0.230 e. The minimum atomic E-state index is -0.651. The van der Waals surface area contributed by atoms with Crippen LogP contribution in [0.3, 0.4) is 0 Å². The van der Waals surface area contributed by atoms with Crippen molar-refractivity contribution in [1.29, 1.82) is 0 Å². The molecule has 0 spiro atoms. The number of amides is 1. The van der Waals surface area contributed by atoms with Crippen molar-refractivity contribution in [3.8, 4) is 0 Å². The van der Waals surface area contributed by atoms with E-state index in [2.05, 4.69) is 5.32 Å². The second kappa shape index (κ2) is 10.0. The Labute approximate surface area is 125 Å². The molecule has 112 valence electrons. The van der Waals surface area contributed by atoms with Crippen LogP contribution < -0.4 is 5.32 Å². The van der Waals surface area contributed by atoms with Gasteiger partial charge in [-0.25, -0.2) is 8.78 Å². The number of rotatable bonds is 9. The Morgan fingerprint density at radius 1 is 1.30 bits per heavy atom. The maximum atomic E-state index is 13.3. The van der Waals surface area contributed by atoms with E-state index in [9.17, 15) is 13.6 Å². The van der Waals surface area contributed by atoms with E-state index < -0.39 is 11.6 Å². The van der Waals surface area contributed by atoms with Gasteiger partial charge in [0.1, 0.15) is 11.6 Å². The average molecular weight is 321 g/mol. The van der Waals surface area contributed by atoms with Gasteiger partial charge in [-0.05, 0) is 24.3 Å². The lowest BCUT2D eigenvalue weighted by Gasteiger charge is -2.05. The maximum absolute atomic E-state index is 13.3. The number of aliphatic hydroxyl groups is 1. The fourth-order valence-corrected chi connectivity index (χ4v) is 2.85. The van der Waals surface area contributed by atoms with E-state index in [4.69, 9.17) is 5.11 Å². The minimum Gasteiger partial charge on any atom is -0.396 e. The van der Waals surface area contributed by atoms with E-state index in [0.29, 0.717) is 6.54 Å². The molecule has 0 aromatic heterocycles. The molecule has 7 heteroatoms. The number of hydrogen-bond donors (Lipinski definition) is 2. The van der Waals surface area contributed by atoms with Crippen LogP contribution in [-0.2, 0) is 4.79 Å². The molecule has 0 heterocycles. The molecule has 0 saturated heterocycles. The fourth-order valence-electron chi connectivity index (χ4n) is 1.32. The molecule has 1 aromatic rings. The highest BCUT2D eigenvalue weighted by molar-refractivity contribution is 8.00. The summed E-state index contributed by atoms with van der Waals surface area (Å²) in [6, 6.07) is 3.30. The Balaban J connectivity index is 2.16. The summed E-state index contributed by atoms with van der Waals surface area (Å²) >= 11 is 2.70. The van der Waals surface area contributed by atoms with Crippen molar-refractivity contribution in [2.75, 3.05) is 30.4 Å². The SMILES string of the molecule is O=C(CSc1ccc(F)cc1F)NCCSCCCO. The van der Waals surface area contributed by atoms with Crippen LogP contribution in [0, 0.1) is 11.6 Å². The van der Waals surface area contributed by atoms with Crippen molar-refractivity contribution in [2.45, 2.75) is 11.3 Å². The highest BCUT2D eigenvalue weighted by Gasteiger charge is 2.07. The van der Waals surface area contributed by atoms with Gasteiger partial charge in [-0.3, -0.25) is 4.79 Å². The molecule has 1 amide bonds. The average Bonchev–Trinajstić information content (AvgIpc) is 2.41. The van der Waals surface area contributed by atoms with Gasteiger partial charge in [-0.2, -0.15) is 11.8 Å². The molecule has 0 bridgehead atoms. The zero-order chi connectivity index (χ0) is 14.8. The topological polar surface area (TPSA) is 49.3 Å². The summed E-state index contributed by atoms with van der Waals surface area (Å²) in [7, 11) is 0. The number of aliphatic hydroxyl groups excluding tert-OH is 1. The first kappa shape index (κ1) is 17.3. The van der Waals surface area contributed by atoms with Gasteiger partial charge in [0.15, 0.2) is 0 Å². The van der Waals surface area contributed by atoms with E-state index in [0.717, 1.165) is 35.8 Å². The van der Waals surface area contributed by atoms with Crippen LogP contribution in [0.4, 0.5) is 8.78 Å². The number of benzene rings is 1. The molecule has 2 N–H and O–H groups in total. The zero-order valence-electron chi connectivity index (χ0n) is 10.9. The number of thioether (sulfide) groups is 2. The first-order valence-electron chi connectivity index (χ1n) is 6.16. The Morgan fingerprint density at radius 3 is 2.80 bits per heavy atom. The van der Waals surface area contributed by atoms with Gasteiger partial charge < -0.3 is 10.4 Å². The van der Waals surface area contributed by atoms with Crippen molar-refractivity contribution in [1.82, 2.24) is 5.32 Å². The van der Waals surface area contributed by atoms with Crippen molar-refractivity contribution >= 4 is 29.4 Å². The molecule has 1 aromatic carbocycles. The third kappa shape index (κ3) is 7.12. The van der Waals surface area contributed by atoms with E-state index in [1.54, 1.807) is 11.8 Å². The second-order valence-corrected chi connectivity index (χ2v) is 6.14. The molecular formula is C13H17F2NO2S2. The van der Waals surface area contributed by atoms with E-state index in [1.807, 2.05) is 0 Å². The summed E-state index contributed by atoms with van der Waals surface area (Å²) in [4.78, 5) is 11.8. The molecule has 3 nitrogen and oxygen atoms in total. The fraction of sp³-hybridized carbons (Fsp3) is 0.462. The molecule has 0 atom stereocenters. The van der Waals surface area contributed by atoms with Crippen LogP contribution in [-0.4, -0.2) is 41.4 Å². The van der Waals surface area contributed by atoms with Crippen LogP contribution >= 0.6 is 23.5 Å². The third-order valence-electron chi connectivity index (χ3n) is 2.27. The predicted molar refractivity (Wildman–Crippen MR) is 79.1 cm³/mol. The first-order valence-corrected chi connectivity index (χ1v) is 8.30. The highest BCUT2D eigenvalue weighted by atomic mass is 32.2. The van der Waals surface area contributed by atoms with Crippen molar-refractivity contribution < 1.29 is 18.7 Å². The maximum Gasteiger partial charge on any atom is 0.230 e. The summed E-state index contributed by atoms with van der Waals surface area (Å²) in [5.41, 5.74) is 0. The number of hydrogen-bond acceptors (Lipinski definition) is 4. The van der Waals surface area contributed by atoms with Crippen LogP contribution in [0.1, 0.15) is 6.42 Å². The first-order chi connectivity index (χ1) is 9.63. The van der Waals surface area contributed by atoms with Gasteiger partial charge in [-0.1, -0.05) is 0 Å². The summed E-state index contributed by atoms with van der Waals surface area (Å²) < 4.78 is 26.0. The van der Waals surface area contributed by atoms with Crippen LogP contribution in [0.25, 0.3) is 0 Å². The lowest BCUT2D eigenvalue weighted by molar-refractivity contribution is -0.118. The minimum absolute atomic E-state index is 0.101. The summed E-state index contributed by atoms with van der Waals surface area (Å²) in [6.07, 6.45) is 0.748. The predicted octanol–water partition coefficient (Wildman–Crippen LogP) is 2.29. The Hall–Kier alpha value is -0.790. The number of halogens is 2. The normalized spacial score (nSPS) is 10.6. The Kier molecular flexibility index (Phi) is 8.64. The summed E-state index contributed by atoms with van der Waals surface area (Å²) in [5.74, 6) is 0.285. The Bertz CT molecular complexity index is 433. The van der Waals surface area contributed by atoms with Gasteiger partial charge >= 0.3 is 0 Å². The number of carbonyl (C=O) groups excluding carboxylic acids is 1.